The zero-order chi connectivity index (χ0) is 16.9. The number of methoxy groups -OCH3 is 1. The van der Waals surface area contributed by atoms with Gasteiger partial charge in [-0.15, -0.1) is 0 Å². The first-order valence-corrected chi connectivity index (χ1v) is 6.99. The minimum absolute atomic E-state index is 0.0107. The number of aliphatic carboxylic acids is 1. The maximum absolute atomic E-state index is 12.3. The highest BCUT2D eigenvalue weighted by atomic mass is 16.5. The van der Waals surface area contributed by atoms with Gasteiger partial charge >= 0.3 is 5.97 Å². The Morgan fingerprint density at radius 3 is 2.65 bits per heavy atom. The van der Waals surface area contributed by atoms with Gasteiger partial charge in [-0.1, -0.05) is 35.5 Å². The van der Waals surface area contributed by atoms with Gasteiger partial charge in [0.05, 0.1) is 18.6 Å². The Labute approximate surface area is 133 Å². The Bertz CT molecular complexity index is 683. The van der Waals surface area contributed by atoms with Gasteiger partial charge in [-0.05, 0) is 6.92 Å². The number of nitrogens with one attached hydrogen (secondary N) is 1. The van der Waals surface area contributed by atoms with E-state index in [1.807, 2.05) is 30.3 Å². The van der Waals surface area contributed by atoms with E-state index in [9.17, 15) is 9.59 Å². The Morgan fingerprint density at radius 2 is 2.04 bits per heavy atom. The normalized spacial score (nSPS) is 13.3. The molecule has 23 heavy (non-hydrogen) atoms. The molecule has 2 N–H and O–H groups in total. The van der Waals surface area contributed by atoms with Crippen molar-refractivity contribution in [2.45, 2.75) is 18.9 Å². The number of nitrogens with zero attached hydrogens (tertiary/aromatic N) is 1. The Hall–Kier alpha value is -2.67. The van der Waals surface area contributed by atoms with Crippen LogP contribution in [0.2, 0.25) is 0 Å². The standard InChI is InChI=1S/C16H18N2O5/c1-16(10-22-2,9-14(19)20)17-15(21)13-8-12(18-23-13)11-6-4-3-5-7-11/h3-8H,9-10H2,1-2H3,(H,17,21)(H,19,20). The molecule has 7 nitrogen and oxygen atoms in total. The third-order valence-corrected chi connectivity index (χ3v) is 3.22. The molecule has 1 amide bonds. The number of benzene rings is 1. The zero-order valence-corrected chi connectivity index (χ0v) is 12.9. The highest BCUT2D eigenvalue weighted by molar-refractivity contribution is 5.93. The summed E-state index contributed by atoms with van der Waals surface area (Å²) in [4.78, 5) is 23.2. The van der Waals surface area contributed by atoms with E-state index >= 15 is 0 Å². The largest absolute Gasteiger partial charge is 0.481 e. The molecular weight excluding hydrogens is 300 g/mol. The molecule has 1 heterocycles. The quantitative estimate of drug-likeness (QED) is 0.809. The summed E-state index contributed by atoms with van der Waals surface area (Å²) < 4.78 is 10.1. The number of carbonyl (C=O) groups excluding carboxylic acids is 1. The fraction of sp³-hybridized carbons (Fsp3) is 0.312. The van der Waals surface area contributed by atoms with Gasteiger partial charge in [0.15, 0.2) is 0 Å². The second-order valence-electron chi connectivity index (χ2n) is 5.46. The molecular formula is C16H18N2O5. The van der Waals surface area contributed by atoms with E-state index in [0.717, 1.165) is 5.56 Å². The van der Waals surface area contributed by atoms with Crippen molar-refractivity contribution in [1.29, 1.82) is 0 Å². The van der Waals surface area contributed by atoms with Gasteiger partial charge in [0.25, 0.3) is 5.91 Å². The lowest BCUT2D eigenvalue weighted by molar-refractivity contribution is -0.139. The van der Waals surface area contributed by atoms with Crippen LogP contribution in [0.5, 0.6) is 0 Å². The smallest absolute Gasteiger partial charge is 0.305 e. The van der Waals surface area contributed by atoms with Crippen molar-refractivity contribution in [3.63, 3.8) is 0 Å². The summed E-state index contributed by atoms with van der Waals surface area (Å²) in [6, 6.07) is 10.8. The maximum Gasteiger partial charge on any atom is 0.305 e. The van der Waals surface area contributed by atoms with Gasteiger partial charge in [0, 0.05) is 18.7 Å². The SMILES string of the molecule is COCC(C)(CC(=O)O)NC(=O)c1cc(-c2ccccc2)no1. The van der Waals surface area contributed by atoms with Crippen LogP contribution < -0.4 is 5.32 Å². The summed E-state index contributed by atoms with van der Waals surface area (Å²) >= 11 is 0. The molecule has 1 atom stereocenters. The van der Waals surface area contributed by atoms with Gasteiger partial charge in [0.2, 0.25) is 5.76 Å². The molecule has 0 radical (unpaired) electrons. The van der Waals surface area contributed by atoms with Crippen molar-refractivity contribution >= 4 is 11.9 Å². The molecule has 0 aliphatic rings. The number of aromatic nitrogens is 1. The Kier molecular flexibility index (Phi) is 5.13. The summed E-state index contributed by atoms with van der Waals surface area (Å²) in [7, 11) is 1.44. The van der Waals surface area contributed by atoms with E-state index in [0.29, 0.717) is 5.69 Å². The van der Waals surface area contributed by atoms with Crippen LogP contribution >= 0.6 is 0 Å². The molecule has 1 aromatic heterocycles. The molecule has 122 valence electrons. The summed E-state index contributed by atoms with van der Waals surface area (Å²) in [6.45, 7) is 1.65. The third-order valence-electron chi connectivity index (χ3n) is 3.22. The number of hydrogen-bond donors (Lipinski definition) is 2. The van der Waals surface area contributed by atoms with Crippen LogP contribution in [0.1, 0.15) is 23.9 Å². The van der Waals surface area contributed by atoms with Crippen LogP contribution in [-0.2, 0) is 9.53 Å². The highest BCUT2D eigenvalue weighted by Gasteiger charge is 2.31. The molecule has 0 saturated heterocycles. The van der Waals surface area contributed by atoms with Crippen molar-refractivity contribution in [1.82, 2.24) is 10.5 Å². The highest BCUT2D eigenvalue weighted by Crippen LogP contribution is 2.19. The van der Waals surface area contributed by atoms with E-state index in [1.54, 1.807) is 6.92 Å². The van der Waals surface area contributed by atoms with E-state index < -0.39 is 17.4 Å². The van der Waals surface area contributed by atoms with Gasteiger partial charge < -0.3 is 19.7 Å². The second kappa shape index (κ2) is 7.06. The average molecular weight is 318 g/mol. The maximum atomic E-state index is 12.3. The predicted molar refractivity (Wildman–Crippen MR) is 81.9 cm³/mol. The van der Waals surface area contributed by atoms with Gasteiger partial charge in [-0.25, -0.2) is 0 Å². The summed E-state index contributed by atoms with van der Waals surface area (Å²) in [5.74, 6) is -1.57. The summed E-state index contributed by atoms with van der Waals surface area (Å²) in [5.41, 5.74) is 0.306. The first-order valence-electron chi connectivity index (χ1n) is 6.99. The van der Waals surface area contributed by atoms with Crippen LogP contribution in [0.15, 0.2) is 40.9 Å². The molecule has 0 spiro atoms. The van der Waals surface area contributed by atoms with Crippen molar-refractivity contribution < 1.29 is 24.0 Å². The first kappa shape index (κ1) is 16.7. The lowest BCUT2D eigenvalue weighted by Gasteiger charge is -2.27. The molecule has 0 fully saturated rings. The summed E-state index contributed by atoms with van der Waals surface area (Å²) in [5, 5.41) is 15.5. The number of amides is 1. The first-order chi connectivity index (χ1) is 10.9. The van der Waals surface area contributed by atoms with Crippen molar-refractivity contribution in [3.05, 3.63) is 42.2 Å². The number of hydrogen-bond acceptors (Lipinski definition) is 5. The van der Waals surface area contributed by atoms with E-state index in [-0.39, 0.29) is 18.8 Å². The van der Waals surface area contributed by atoms with Crippen molar-refractivity contribution in [3.8, 4) is 11.3 Å². The molecule has 7 heteroatoms. The second-order valence-corrected chi connectivity index (χ2v) is 5.46. The van der Waals surface area contributed by atoms with Crippen LogP contribution in [-0.4, -0.2) is 41.4 Å². The fourth-order valence-electron chi connectivity index (χ4n) is 2.25. The van der Waals surface area contributed by atoms with E-state index in [1.165, 1.54) is 13.2 Å². The average Bonchev–Trinajstić information content (AvgIpc) is 2.97. The van der Waals surface area contributed by atoms with Gasteiger partial charge in [0.1, 0.15) is 5.69 Å². The molecule has 1 aromatic carbocycles. The van der Waals surface area contributed by atoms with Crippen molar-refractivity contribution in [2.75, 3.05) is 13.7 Å². The summed E-state index contributed by atoms with van der Waals surface area (Å²) in [6.07, 6.45) is -0.272. The number of carbonyl (C=O) groups is 2. The lowest BCUT2D eigenvalue weighted by atomic mass is 9.98. The molecule has 2 aromatic rings. The monoisotopic (exact) mass is 318 g/mol. The molecule has 0 aliphatic heterocycles. The van der Waals surface area contributed by atoms with E-state index in [2.05, 4.69) is 10.5 Å². The van der Waals surface area contributed by atoms with Gasteiger partial charge in [-0.2, -0.15) is 0 Å². The molecule has 0 saturated carbocycles. The Morgan fingerprint density at radius 1 is 1.35 bits per heavy atom. The predicted octanol–water partition coefficient (Wildman–Crippen LogP) is 1.95. The minimum atomic E-state index is -1.04. The molecule has 1 unspecified atom stereocenters. The third kappa shape index (κ3) is 4.40. The zero-order valence-electron chi connectivity index (χ0n) is 12.9. The van der Waals surface area contributed by atoms with Crippen molar-refractivity contribution in [2.24, 2.45) is 0 Å². The minimum Gasteiger partial charge on any atom is -0.481 e. The number of ether oxygens (including phenoxy) is 1. The van der Waals surface area contributed by atoms with Crippen LogP contribution in [0.3, 0.4) is 0 Å². The fourth-order valence-corrected chi connectivity index (χ4v) is 2.25. The number of carboxylic acids is 1. The lowest BCUT2D eigenvalue weighted by Crippen LogP contribution is -2.50. The Balaban J connectivity index is 2.14. The van der Waals surface area contributed by atoms with Crippen LogP contribution in [0.4, 0.5) is 0 Å². The molecule has 0 bridgehead atoms. The van der Waals surface area contributed by atoms with Crippen LogP contribution in [0.25, 0.3) is 11.3 Å². The topological polar surface area (TPSA) is 102 Å². The van der Waals surface area contributed by atoms with Gasteiger partial charge in [-0.3, -0.25) is 9.59 Å². The molecule has 2 rings (SSSR count). The molecule has 0 aliphatic carbocycles. The number of carboxylic acid groups (broad SMARTS) is 1. The van der Waals surface area contributed by atoms with Crippen LogP contribution in [0, 0.1) is 0 Å². The number of rotatable bonds is 7. The van der Waals surface area contributed by atoms with E-state index in [4.69, 9.17) is 14.4 Å².